The van der Waals surface area contributed by atoms with E-state index in [0.29, 0.717) is 0 Å². The molecule has 0 fully saturated rings. The van der Waals surface area contributed by atoms with Crippen LogP contribution in [0.2, 0.25) is 0 Å². The fourth-order valence-electron chi connectivity index (χ4n) is 1.20. The molecule has 0 bridgehead atoms. The lowest BCUT2D eigenvalue weighted by molar-refractivity contribution is -0.117. The number of amides is 1. The average molecular weight is 272 g/mol. The molecule has 0 saturated heterocycles. The molecule has 0 N–H and O–H groups in total. The van der Waals surface area contributed by atoms with Gasteiger partial charge in [-0.2, -0.15) is 0 Å². The second kappa shape index (κ2) is 5.16. The van der Waals surface area contributed by atoms with Crippen molar-refractivity contribution < 1.29 is 9.53 Å². The molecule has 3 nitrogen and oxygen atoms in total. The van der Waals surface area contributed by atoms with Gasteiger partial charge in [-0.15, -0.1) is 0 Å². The fourth-order valence-corrected chi connectivity index (χ4v) is 1.51. The Bertz CT molecular complexity index is 335. The summed E-state index contributed by atoms with van der Waals surface area (Å²) in [6.45, 7) is 1.81. The normalized spacial score (nSPS) is 12.0. The predicted octanol–water partition coefficient (Wildman–Crippen LogP) is 2.44. The van der Waals surface area contributed by atoms with Crippen molar-refractivity contribution in [2.75, 3.05) is 19.1 Å². The van der Waals surface area contributed by atoms with Crippen LogP contribution in [0.4, 0.5) is 5.69 Å². The van der Waals surface area contributed by atoms with Gasteiger partial charge >= 0.3 is 0 Å². The molecule has 1 aromatic carbocycles. The zero-order valence-electron chi connectivity index (χ0n) is 9.03. The first kappa shape index (κ1) is 12.0. The van der Waals surface area contributed by atoms with Crippen molar-refractivity contribution in [2.45, 2.75) is 11.8 Å². The minimum Gasteiger partial charge on any atom is -0.497 e. The predicted molar refractivity (Wildman–Crippen MR) is 64.8 cm³/mol. The molecule has 4 heteroatoms. The number of carbonyl (C=O) groups is 1. The first-order chi connectivity index (χ1) is 7.06. The Kier molecular flexibility index (Phi) is 4.15. The van der Waals surface area contributed by atoms with E-state index in [2.05, 4.69) is 15.9 Å². The van der Waals surface area contributed by atoms with Crippen molar-refractivity contribution in [3.8, 4) is 5.75 Å². The highest BCUT2D eigenvalue weighted by Gasteiger charge is 2.15. The maximum atomic E-state index is 11.6. The second-order valence-corrected chi connectivity index (χ2v) is 4.58. The number of hydrogen-bond donors (Lipinski definition) is 0. The van der Waals surface area contributed by atoms with Crippen LogP contribution >= 0.6 is 15.9 Å². The molecule has 15 heavy (non-hydrogen) atoms. The van der Waals surface area contributed by atoms with Gasteiger partial charge < -0.3 is 9.64 Å². The first-order valence-electron chi connectivity index (χ1n) is 4.62. The number of carbonyl (C=O) groups excluding carboxylic acids is 1. The SMILES string of the molecule is COc1ccc(N(C)C(=O)C(C)Br)cc1. The molecule has 0 aromatic heterocycles. The van der Waals surface area contributed by atoms with E-state index in [-0.39, 0.29) is 10.7 Å². The van der Waals surface area contributed by atoms with Gasteiger partial charge in [0.15, 0.2) is 0 Å². The minimum absolute atomic E-state index is 0.0279. The molecule has 0 radical (unpaired) electrons. The highest BCUT2D eigenvalue weighted by atomic mass is 79.9. The van der Waals surface area contributed by atoms with Crippen molar-refractivity contribution in [3.05, 3.63) is 24.3 Å². The van der Waals surface area contributed by atoms with Crippen LogP contribution < -0.4 is 9.64 Å². The van der Waals surface area contributed by atoms with Crippen LogP contribution in [0, 0.1) is 0 Å². The van der Waals surface area contributed by atoms with Crippen LogP contribution in [0.5, 0.6) is 5.75 Å². The third-order valence-electron chi connectivity index (χ3n) is 2.13. The van der Waals surface area contributed by atoms with E-state index >= 15 is 0 Å². The third kappa shape index (κ3) is 2.96. The van der Waals surface area contributed by atoms with Gasteiger partial charge in [-0.05, 0) is 31.2 Å². The van der Waals surface area contributed by atoms with Gasteiger partial charge in [0.05, 0.1) is 11.9 Å². The molecule has 0 aliphatic rings. The molecule has 1 amide bonds. The van der Waals surface area contributed by atoms with E-state index < -0.39 is 0 Å². The minimum atomic E-state index is -0.176. The topological polar surface area (TPSA) is 29.5 Å². The van der Waals surface area contributed by atoms with Crippen LogP contribution in [0.3, 0.4) is 0 Å². The van der Waals surface area contributed by atoms with E-state index in [1.807, 2.05) is 31.2 Å². The molecule has 0 aliphatic carbocycles. The summed E-state index contributed by atoms with van der Waals surface area (Å²) < 4.78 is 5.04. The quantitative estimate of drug-likeness (QED) is 0.791. The molecule has 0 heterocycles. The Morgan fingerprint density at radius 2 is 1.93 bits per heavy atom. The van der Waals surface area contributed by atoms with E-state index in [0.717, 1.165) is 11.4 Å². The highest BCUT2D eigenvalue weighted by Crippen LogP contribution is 2.19. The maximum absolute atomic E-state index is 11.6. The van der Waals surface area contributed by atoms with Gasteiger partial charge in [0, 0.05) is 12.7 Å². The average Bonchev–Trinajstić information content (AvgIpc) is 2.27. The molecule has 1 rings (SSSR count). The van der Waals surface area contributed by atoms with Gasteiger partial charge in [0.1, 0.15) is 5.75 Å². The Balaban J connectivity index is 2.82. The first-order valence-corrected chi connectivity index (χ1v) is 5.53. The Morgan fingerprint density at radius 3 is 2.33 bits per heavy atom. The van der Waals surface area contributed by atoms with Gasteiger partial charge in [0.2, 0.25) is 5.91 Å². The highest BCUT2D eigenvalue weighted by molar-refractivity contribution is 9.10. The Hall–Kier alpha value is -1.03. The van der Waals surface area contributed by atoms with E-state index in [4.69, 9.17) is 4.74 Å². The van der Waals surface area contributed by atoms with Crippen molar-refractivity contribution in [2.24, 2.45) is 0 Å². The summed E-state index contributed by atoms with van der Waals surface area (Å²) in [5.74, 6) is 0.812. The number of hydrogen-bond acceptors (Lipinski definition) is 2. The molecule has 0 saturated carbocycles. The largest absolute Gasteiger partial charge is 0.497 e. The summed E-state index contributed by atoms with van der Waals surface area (Å²) in [7, 11) is 3.37. The van der Waals surface area contributed by atoms with Crippen molar-refractivity contribution in [1.82, 2.24) is 0 Å². The monoisotopic (exact) mass is 271 g/mol. The molecular formula is C11H14BrNO2. The van der Waals surface area contributed by atoms with Gasteiger partial charge in [-0.3, -0.25) is 4.79 Å². The van der Waals surface area contributed by atoms with Crippen molar-refractivity contribution in [1.29, 1.82) is 0 Å². The lowest BCUT2D eigenvalue weighted by Gasteiger charge is -2.18. The second-order valence-electron chi connectivity index (χ2n) is 3.21. The standard InChI is InChI=1S/C11H14BrNO2/c1-8(12)11(14)13(2)9-4-6-10(15-3)7-5-9/h4-8H,1-3H3. The van der Waals surface area contributed by atoms with E-state index in [9.17, 15) is 4.79 Å². The van der Waals surface area contributed by atoms with E-state index in [1.165, 1.54) is 0 Å². The van der Waals surface area contributed by atoms with Crippen LogP contribution in [0.25, 0.3) is 0 Å². The Morgan fingerprint density at radius 1 is 1.40 bits per heavy atom. The lowest BCUT2D eigenvalue weighted by Crippen LogP contribution is -2.31. The molecular weight excluding hydrogens is 258 g/mol. The summed E-state index contributed by atoms with van der Waals surface area (Å²) in [5.41, 5.74) is 0.854. The van der Waals surface area contributed by atoms with Crippen molar-refractivity contribution in [3.63, 3.8) is 0 Å². The number of methoxy groups -OCH3 is 1. The number of ether oxygens (including phenoxy) is 1. The number of alkyl halides is 1. The summed E-state index contributed by atoms with van der Waals surface area (Å²) in [5, 5.41) is 0. The van der Waals surface area contributed by atoms with Crippen LogP contribution in [-0.2, 0) is 4.79 Å². The Labute approximate surface area is 98.2 Å². The summed E-state index contributed by atoms with van der Waals surface area (Å²) in [6, 6.07) is 7.37. The smallest absolute Gasteiger partial charge is 0.240 e. The van der Waals surface area contributed by atoms with Crippen LogP contribution in [-0.4, -0.2) is 24.9 Å². The maximum Gasteiger partial charge on any atom is 0.240 e. The zero-order chi connectivity index (χ0) is 11.4. The number of nitrogens with zero attached hydrogens (tertiary/aromatic N) is 1. The molecule has 82 valence electrons. The summed E-state index contributed by atoms with van der Waals surface area (Å²) in [4.78, 5) is 13.1. The molecule has 0 aliphatic heterocycles. The van der Waals surface area contributed by atoms with Gasteiger partial charge in [-0.1, -0.05) is 15.9 Å². The van der Waals surface area contributed by atoms with E-state index in [1.54, 1.807) is 19.1 Å². The van der Waals surface area contributed by atoms with Crippen LogP contribution in [0.1, 0.15) is 6.92 Å². The fraction of sp³-hybridized carbons (Fsp3) is 0.364. The van der Waals surface area contributed by atoms with Gasteiger partial charge in [-0.25, -0.2) is 0 Å². The molecule has 0 spiro atoms. The third-order valence-corrected chi connectivity index (χ3v) is 2.52. The number of anilines is 1. The number of benzene rings is 1. The van der Waals surface area contributed by atoms with Crippen LogP contribution in [0.15, 0.2) is 24.3 Å². The molecule has 1 atom stereocenters. The van der Waals surface area contributed by atoms with Gasteiger partial charge in [0.25, 0.3) is 0 Å². The summed E-state index contributed by atoms with van der Waals surface area (Å²) >= 11 is 3.25. The molecule has 1 aromatic rings. The molecule has 1 unspecified atom stereocenters. The lowest BCUT2D eigenvalue weighted by atomic mass is 10.2. The zero-order valence-corrected chi connectivity index (χ0v) is 10.6. The summed E-state index contributed by atoms with van der Waals surface area (Å²) in [6.07, 6.45) is 0. The number of rotatable bonds is 3. The van der Waals surface area contributed by atoms with Crippen molar-refractivity contribution >= 4 is 27.5 Å². The number of halogens is 1.